The number of rotatable bonds is 6. The van der Waals surface area contributed by atoms with Crippen molar-refractivity contribution in [3.05, 3.63) is 45.4 Å². The molecule has 1 heterocycles. The van der Waals surface area contributed by atoms with Crippen molar-refractivity contribution >= 4 is 11.3 Å². The highest BCUT2D eigenvalue weighted by Crippen LogP contribution is 2.22. The van der Waals surface area contributed by atoms with E-state index in [1.165, 1.54) is 29.5 Å². The zero-order valence-corrected chi connectivity index (χ0v) is 12.3. The van der Waals surface area contributed by atoms with Crippen molar-refractivity contribution in [2.24, 2.45) is 0 Å². The predicted molar refractivity (Wildman–Crippen MR) is 75.8 cm³/mol. The van der Waals surface area contributed by atoms with Crippen molar-refractivity contribution in [2.75, 3.05) is 6.54 Å². The smallest absolute Gasteiger partial charge is 0.134 e. The van der Waals surface area contributed by atoms with Gasteiger partial charge in [0.2, 0.25) is 0 Å². The van der Waals surface area contributed by atoms with Gasteiger partial charge in [0.05, 0.1) is 6.04 Å². The van der Waals surface area contributed by atoms with Crippen LogP contribution in [0.25, 0.3) is 0 Å². The van der Waals surface area contributed by atoms with E-state index in [0.717, 1.165) is 18.0 Å². The normalized spacial score (nSPS) is 12.6. The first kappa shape index (κ1) is 15.0. The first-order chi connectivity index (χ1) is 9.61. The van der Waals surface area contributed by atoms with Crippen LogP contribution in [-0.2, 0) is 6.42 Å². The van der Waals surface area contributed by atoms with Crippen LogP contribution in [0.4, 0.5) is 8.78 Å². The molecule has 3 nitrogen and oxygen atoms in total. The van der Waals surface area contributed by atoms with E-state index in [0.29, 0.717) is 5.01 Å². The van der Waals surface area contributed by atoms with Crippen LogP contribution in [0.15, 0.2) is 18.2 Å². The van der Waals surface area contributed by atoms with Crippen LogP contribution in [0.3, 0.4) is 0 Å². The molecule has 0 aliphatic carbocycles. The Balaban J connectivity index is 2.10. The maximum Gasteiger partial charge on any atom is 0.134 e. The minimum absolute atomic E-state index is 0.0457. The van der Waals surface area contributed by atoms with E-state index in [1.807, 2.05) is 6.92 Å². The minimum atomic E-state index is -0.543. The van der Waals surface area contributed by atoms with Crippen molar-refractivity contribution in [3.8, 4) is 0 Å². The summed E-state index contributed by atoms with van der Waals surface area (Å²) in [6.45, 7) is 4.99. The molecule has 0 saturated heterocycles. The molecular weight excluding hydrogens is 280 g/mol. The number of nitrogens with zero attached hydrogens (tertiary/aromatic N) is 2. The molecule has 0 radical (unpaired) electrons. The van der Waals surface area contributed by atoms with E-state index in [9.17, 15) is 8.78 Å². The van der Waals surface area contributed by atoms with Crippen molar-refractivity contribution in [3.63, 3.8) is 0 Å². The van der Waals surface area contributed by atoms with Gasteiger partial charge in [-0.3, -0.25) is 0 Å². The molecule has 0 bridgehead atoms. The Morgan fingerprint density at radius 2 is 1.95 bits per heavy atom. The minimum Gasteiger partial charge on any atom is -0.308 e. The van der Waals surface area contributed by atoms with E-state index < -0.39 is 11.6 Å². The molecule has 0 aliphatic heterocycles. The topological polar surface area (TPSA) is 37.8 Å². The Hall–Kier alpha value is -1.40. The van der Waals surface area contributed by atoms with Gasteiger partial charge < -0.3 is 5.32 Å². The standard InChI is InChI=1S/C14H17F2N3S/c1-3-7-17-9(2)14-19-18-13(20-14)8-10-11(15)5-4-6-12(10)16/h4-6,9,17H,3,7-8H2,1-2H3. The number of hydrogen-bond acceptors (Lipinski definition) is 4. The highest BCUT2D eigenvalue weighted by Gasteiger charge is 2.15. The summed E-state index contributed by atoms with van der Waals surface area (Å²) in [4.78, 5) is 0. The molecule has 0 saturated carbocycles. The number of nitrogens with one attached hydrogen (secondary N) is 1. The van der Waals surface area contributed by atoms with E-state index in [2.05, 4.69) is 22.4 Å². The van der Waals surface area contributed by atoms with Gasteiger partial charge in [0.25, 0.3) is 0 Å². The average Bonchev–Trinajstić information content (AvgIpc) is 2.89. The second-order valence-electron chi connectivity index (χ2n) is 4.59. The third-order valence-corrected chi connectivity index (χ3v) is 4.05. The lowest BCUT2D eigenvalue weighted by atomic mass is 10.1. The molecule has 1 aromatic carbocycles. The molecular formula is C14H17F2N3S. The molecule has 108 valence electrons. The van der Waals surface area contributed by atoms with Crippen molar-refractivity contribution in [1.82, 2.24) is 15.5 Å². The van der Waals surface area contributed by atoms with Gasteiger partial charge in [-0.15, -0.1) is 10.2 Å². The van der Waals surface area contributed by atoms with Crippen LogP contribution in [0.2, 0.25) is 0 Å². The van der Waals surface area contributed by atoms with E-state index in [1.54, 1.807) is 0 Å². The Morgan fingerprint density at radius 1 is 1.25 bits per heavy atom. The number of hydrogen-bond donors (Lipinski definition) is 1. The van der Waals surface area contributed by atoms with Gasteiger partial charge in [-0.25, -0.2) is 8.78 Å². The van der Waals surface area contributed by atoms with E-state index >= 15 is 0 Å². The second kappa shape index (κ2) is 6.85. The summed E-state index contributed by atoms with van der Waals surface area (Å²) in [5.41, 5.74) is 0.0457. The molecule has 1 unspecified atom stereocenters. The van der Waals surface area contributed by atoms with Crippen molar-refractivity contribution in [1.29, 1.82) is 0 Å². The molecule has 6 heteroatoms. The lowest BCUT2D eigenvalue weighted by Gasteiger charge is -2.08. The highest BCUT2D eigenvalue weighted by molar-refractivity contribution is 7.11. The van der Waals surface area contributed by atoms with Crippen LogP contribution in [0, 0.1) is 11.6 Å². The SMILES string of the molecule is CCCNC(C)c1nnc(Cc2c(F)cccc2F)s1. The fourth-order valence-corrected chi connectivity index (χ4v) is 2.69. The molecule has 0 amide bonds. The molecule has 1 N–H and O–H groups in total. The predicted octanol–water partition coefficient (Wildman–Crippen LogP) is 3.47. The van der Waals surface area contributed by atoms with Gasteiger partial charge in [-0.1, -0.05) is 24.3 Å². The van der Waals surface area contributed by atoms with Crippen LogP contribution < -0.4 is 5.32 Å². The fourth-order valence-electron chi connectivity index (χ4n) is 1.81. The van der Waals surface area contributed by atoms with Gasteiger partial charge in [0, 0.05) is 12.0 Å². The fraction of sp³-hybridized carbons (Fsp3) is 0.429. The van der Waals surface area contributed by atoms with Crippen LogP contribution in [0.5, 0.6) is 0 Å². The van der Waals surface area contributed by atoms with Gasteiger partial charge in [0.1, 0.15) is 21.6 Å². The monoisotopic (exact) mass is 297 g/mol. The third-order valence-electron chi connectivity index (χ3n) is 2.94. The summed E-state index contributed by atoms with van der Waals surface area (Å²) >= 11 is 1.39. The molecule has 20 heavy (non-hydrogen) atoms. The molecule has 2 aromatic rings. The largest absolute Gasteiger partial charge is 0.308 e. The Bertz CT molecular complexity index is 551. The average molecular weight is 297 g/mol. The van der Waals surface area contributed by atoms with Crippen molar-refractivity contribution in [2.45, 2.75) is 32.7 Å². The van der Waals surface area contributed by atoms with E-state index in [4.69, 9.17) is 0 Å². The van der Waals surface area contributed by atoms with Gasteiger partial charge >= 0.3 is 0 Å². The Morgan fingerprint density at radius 3 is 2.60 bits per heavy atom. The summed E-state index contributed by atoms with van der Waals surface area (Å²) in [6, 6.07) is 3.97. The molecule has 0 fully saturated rings. The van der Waals surface area contributed by atoms with E-state index in [-0.39, 0.29) is 18.0 Å². The number of halogens is 2. The molecule has 1 aromatic heterocycles. The highest BCUT2D eigenvalue weighted by atomic mass is 32.1. The summed E-state index contributed by atoms with van der Waals surface area (Å²) in [5.74, 6) is -1.09. The number of aromatic nitrogens is 2. The maximum absolute atomic E-state index is 13.6. The summed E-state index contributed by atoms with van der Waals surface area (Å²) in [7, 11) is 0. The lowest BCUT2D eigenvalue weighted by Crippen LogP contribution is -2.18. The van der Waals surface area contributed by atoms with Crippen LogP contribution in [0.1, 0.15) is 41.9 Å². The van der Waals surface area contributed by atoms with Gasteiger partial charge in [-0.2, -0.15) is 0 Å². The first-order valence-corrected chi connectivity index (χ1v) is 7.42. The van der Waals surface area contributed by atoms with Crippen LogP contribution >= 0.6 is 11.3 Å². The number of benzene rings is 1. The lowest BCUT2D eigenvalue weighted by molar-refractivity contribution is 0.559. The zero-order valence-electron chi connectivity index (χ0n) is 11.5. The third kappa shape index (κ3) is 3.58. The molecule has 0 aliphatic rings. The quantitative estimate of drug-likeness (QED) is 0.887. The molecule has 2 rings (SSSR count). The second-order valence-corrected chi connectivity index (χ2v) is 5.68. The summed E-state index contributed by atoms with van der Waals surface area (Å²) < 4.78 is 27.1. The van der Waals surface area contributed by atoms with Gasteiger partial charge in [0.15, 0.2) is 0 Å². The van der Waals surface area contributed by atoms with Crippen molar-refractivity contribution < 1.29 is 8.78 Å². The summed E-state index contributed by atoms with van der Waals surface area (Å²) in [6.07, 6.45) is 1.17. The first-order valence-electron chi connectivity index (χ1n) is 6.60. The molecule has 1 atom stereocenters. The Labute approximate surface area is 121 Å². The molecule has 0 spiro atoms. The van der Waals surface area contributed by atoms with Gasteiger partial charge in [-0.05, 0) is 32.0 Å². The Kier molecular flexibility index (Phi) is 5.14. The summed E-state index contributed by atoms with van der Waals surface area (Å²) in [5, 5.41) is 12.9. The van der Waals surface area contributed by atoms with Crippen LogP contribution in [-0.4, -0.2) is 16.7 Å². The zero-order chi connectivity index (χ0) is 14.5. The maximum atomic E-state index is 13.6.